The third-order valence-electron chi connectivity index (χ3n) is 4.07. The van der Waals surface area contributed by atoms with Crippen LogP contribution in [-0.2, 0) is 0 Å². The summed E-state index contributed by atoms with van der Waals surface area (Å²) in [5.74, 6) is 1.34. The van der Waals surface area contributed by atoms with Crippen LogP contribution in [0.1, 0.15) is 16.8 Å². The monoisotopic (exact) mass is 308 g/mol. The molecule has 0 bridgehead atoms. The van der Waals surface area contributed by atoms with Crippen molar-refractivity contribution in [2.24, 2.45) is 0 Å². The summed E-state index contributed by atoms with van der Waals surface area (Å²) < 4.78 is 6.41. The second-order valence-electron chi connectivity index (χ2n) is 5.79. The number of imidazole rings is 1. The van der Waals surface area contributed by atoms with Gasteiger partial charge in [-0.3, -0.25) is 0 Å². The highest BCUT2D eigenvalue weighted by atomic mass is 16.5. The van der Waals surface area contributed by atoms with E-state index in [1.807, 2.05) is 31.2 Å². The summed E-state index contributed by atoms with van der Waals surface area (Å²) in [6.45, 7) is 6.04. The van der Waals surface area contributed by atoms with E-state index in [4.69, 9.17) is 4.74 Å². The summed E-state index contributed by atoms with van der Waals surface area (Å²) >= 11 is 0. The predicted molar refractivity (Wildman–Crippen MR) is 91.4 cm³/mol. The SMILES string of the molecule is COc1ccc(-c2[nH]c(C)c[n+]2[O-])cc1-c1c(C)cccc1C. The Balaban J connectivity index is 2.24. The van der Waals surface area contributed by atoms with Crippen LogP contribution in [0.5, 0.6) is 5.75 Å². The molecule has 0 aliphatic heterocycles. The molecule has 0 aliphatic carbocycles. The van der Waals surface area contributed by atoms with Crippen molar-refractivity contribution in [1.29, 1.82) is 0 Å². The molecule has 1 heterocycles. The number of aryl methyl sites for hydroxylation is 3. The summed E-state index contributed by atoms with van der Waals surface area (Å²) in [5.41, 5.74) is 6.17. The average molecular weight is 308 g/mol. The Morgan fingerprint density at radius 3 is 2.30 bits per heavy atom. The van der Waals surface area contributed by atoms with Gasteiger partial charge in [0.05, 0.1) is 12.7 Å². The molecule has 0 atom stereocenters. The van der Waals surface area contributed by atoms with Gasteiger partial charge in [-0.15, -0.1) is 0 Å². The lowest BCUT2D eigenvalue weighted by atomic mass is 9.93. The van der Waals surface area contributed by atoms with Crippen molar-refractivity contribution in [3.63, 3.8) is 0 Å². The van der Waals surface area contributed by atoms with Gasteiger partial charge in [-0.2, -0.15) is 0 Å². The molecule has 0 saturated heterocycles. The lowest BCUT2D eigenvalue weighted by Crippen LogP contribution is -2.25. The van der Waals surface area contributed by atoms with Gasteiger partial charge in [0.25, 0.3) is 5.82 Å². The summed E-state index contributed by atoms with van der Waals surface area (Å²) in [5, 5.41) is 12.0. The van der Waals surface area contributed by atoms with Crippen LogP contribution in [0.3, 0.4) is 0 Å². The third-order valence-corrected chi connectivity index (χ3v) is 4.07. The second-order valence-corrected chi connectivity index (χ2v) is 5.79. The largest absolute Gasteiger partial charge is 0.710 e. The first kappa shape index (κ1) is 15.2. The Morgan fingerprint density at radius 2 is 1.74 bits per heavy atom. The average Bonchev–Trinajstić information content (AvgIpc) is 2.85. The Labute approximate surface area is 136 Å². The molecular formula is C19H20N2O2. The van der Waals surface area contributed by atoms with E-state index >= 15 is 0 Å². The number of ether oxygens (including phenoxy) is 1. The molecule has 23 heavy (non-hydrogen) atoms. The minimum atomic E-state index is 0.539. The van der Waals surface area contributed by atoms with Gasteiger partial charge in [0.2, 0.25) is 0 Å². The standard InChI is InChI=1S/C19H20N2O2/c1-12-6-5-7-13(2)18(12)16-10-15(8-9-17(16)23-4)19-20-14(3)11-21(19)22/h5-11,20H,1-4H3. The molecule has 3 aromatic rings. The predicted octanol–water partition coefficient (Wildman–Crippen LogP) is 3.92. The van der Waals surface area contributed by atoms with Crippen LogP contribution in [0.15, 0.2) is 42.6 Å². The maximum atomic E-state index is 12.0. The number of aromatic nitrogens is 2. The van der Waals surface area contributed by atoms with Gasteiger partial charge < -0.3 is 9.94 Å². The third kappa shape index (κ3) is 2.68. The fraction of sp³-hybridized carbons (Fsp3) is 0.211. The van der Waals surface area contributed by atoms with Crippen molar-refractivity contribution in [2.45, 2.75) is 20.8 Å². The van der Waals surface area contributed by atoms with Gasteiger partial charge in [-0.05, 0) is 48.7 Å². The number of nitrogens with one attached hydrogen (secondary N) is 1. The fourth-order valence-electron chi connectivity index (χ4n) is 3.00. The lowest BCUT2D eigenvalue weighted by molar-refractivity contribution is -0.592. The lowest BCUT2D eigenvalue weighted by Gasteiger charge is -2.15. The quantitative estimate of drug-likeness (QED) is 0.589. The molecule has 4 nitrogen and oxygen atoms in total. The molecule has 2 aromatic carbocycles. The van der Waals surface area contributed by atoms with Gasteiger partial charge in [-0.1, -0.05) is 18.2 Å². The van der Waals surface area contributed by atoms with E-state index in [-0.39, 0.29) is 0 Å². The first-order valence-electron chi connectivity index (χ1n) is 7.55. The van der Waals surface area contributed by atoms with Crippen LogP contribution in [0.2, 0.25) is 0 Å². The molecule has 0 radical (unpaired) electrons. The molecule has 0 aliphatic rings. The summed E-state index contributed by atoms with van der Waals surface area (Å²) in [7, 11) is 1.67. The summed E-state index contributed by atoms with van der Waals surface area (Å²) in [6, 6.07) is 12.0. The van der Waals surface area contributed by atoms with Crippen LogP contribution in [0.25, 0.3) is 22.5 Å². The number of aromatic amines is 1. The molecular weight excluding hydrogens is 288 g/mol. The van der Waals surface area contributed by atoms with E-state index < -0.39 is 0 Å². The Morgan fingerprint density at radius 1 is 1.04 bits per heavy atom. The molecule has 4 heteroatoms. The molecule has 0 amide bonds. The number of rotatable bonds is 3. The first-order valence-corrected chi connectivity index (χ1v) is 7.55. The smallest absolute Gasteiger partial charge is 0.289 e. The van der Waals surface area contributed by atoms with E-state index in [1.165, 1.54) is 17.3 Å². The zero-order chi connectivity index (χ0) is 16.6. The number of hydrogen-bond donors (Lipinski definition) is 1. The molecule has 0 saturated carbocycles. The van der Waals surface area contributed by atoms with Crippen molar-refractivity contribution in [2.75, 3.05) is 7.11 Å². The Hall–Kier alpha value is -2.75. The highest BCUT2D eigenvalue weighted by Gasteiger charge is 2.17. The number of nitrogens with zero attached hydrogens (tertiary/aromatic N) is 1. The molecule has 0 spiro atoms. The van der Waals surface area contributed by atoms with E-state index in [0.717, 1.165) is 32.9 Å². The van der Waals surface area contributed by atoms with Crippen molar-refractivity contribution in [1.82, 2.24) is 4.98 Å². The zero-order valence-electron chi connectivity index (χ0n) is 13.8. The second kappa shape index (κ2) is 5.80. The first-order chi connectivity index (χ1) is 11.0. The van der Waals surface area contributed by atoms with Crippen molar-refractivity contribution >= 4 is 0 Å². The van der Waals surface area contributed by atoms with Gasteiger partial charge in [0.1, 0.15) is 17.6 Å². The van der Waals surface area contributed by atoms with E-state index in [9.17, 15) is 5.21 Å². The normalized spacial score (nSPS) is 10.8. The molecule has 118 valence electrons. The highest BCUT2D eigenvalue weighted by molar-refractivity contribution is 5.79. The topological polar surface area (TPSA) is 52.0 Å². The number of H-pyrrole nitrogens is 1. The van der Waals surface area contributed by atoms with Crippen molar-refractivity contribution in [3.05, 3.63) is 64.6 Å². The van der Waals surface area contributed by atoms with Crippen LogP contribution >= 0.6 is 0 Å². The van der Waals surface area contributed by atoms with E-state index in [2.05, 4.69) is 31.0 Å². The van der Waals surface area contributed by atoms with E-state index in [0.29, 0.717) is 5.82 Å². The maximum Gasteiger partial charge on any atom is 0.289 e. The molecule has 0 unspecified atom stereocenters. The number of hydrogen-bond acceptors (Lipinski definition) is 2. The van der Waals surface area contributed by atoms with Crippen LogP contribution < -0.4 is 9.47 Å². The Bertz CT molecular complexity index is 846. The van der Waals surface area contributed by atoms with Gasteiger partial charge in [0, 0.05) is 12.5 Å². The fourth-order valence-corrected chi connectivity index (χ4v) is 3.00. The van der Waals surface area contributed by atoms with Gasteiger partial charge in [0.15, 0.2) is 0 Å². The molecule has 1 aromatic heterocycles. The van der Waals surface area contributed by atoms with Gasteiger partial charge in [-0.25, -0.2) is 9.71 Å². The van der Waals surface area contributed by atoms with Crippen molar-refractivity contribution in [3.8, 4) is 28.3 Å². The van der Waals surface area contributed by atoms with Gasteiger partial charge >= 0.3 is 0 Å². The maximum absolute atomic E-state index is 12.0. The van der Waals surface area contributed by atoms with Crippen molar-refractivity contribution < 1.29 is 9.47 Å². The van der Waals surface area contributed by atoms with Crippen LogP contribution in [-0.4, -0.2) is 12.1 Å². The van der Waals surface area contributed by atoms with E-state index in [1.54, 1.807) is 7.11 Å². The number of methoxy groups -OCH3 is 1. The molecule has 3 rings (SSSR count). The van der Waals surface area contributed by atoms with Crippen LogP contribution in [0, 0.1) is 26.0 Å². The number of benzene rings is 2. The summed E-state index contributed by atoms with van der Waals surface area (Å²) in [6.07, 6.45) is 1.54. The Kier molecular flexibility index (Phi) is 3.82. The minimum absolute atomic E-state index is 0.539. The van der Waals surface area contributed by atoms with Crippen LogP contribution in [0.4, 0.5) is 0 Å². The highest BCUT2D eigenvalue weighted by Crippen LogP contribution is 2.36. The molecule has 0 fully saturated rings. The zero-order valence-corrected chi connectivity index (χ0v) is 13.8. The minimum Gasteiger partial charge on any atom is -0.710 e. The molecule has 1 N–H and O–H groups in total. The summed E-state index contributed by atoms with van der Waals surface area (Å²) in [4.78, 5) is 3.12.